The molecule has 1 aliphatic heterocycles. The number of hydrogen-bond donors (Lipinski definition) is 0. The van der Waals surface area contributed by atoms with Gasteiger partial charge < -0.3 is 4.74 Å². The van der Waals surface area contributed by atoms with E-state index in [1.165, 1.54) is 21.9 Å². The molecule has 78 valence electrons. The van der Waals surface area contributed by atoms with Gasteiger partial charge in [0.15, 0.2) is 0 Å². The van der Waals surface area contributed by atoms with Crippen molar-refractivity contribution >= 4 is 21.4 Å². The van der Waals surface area contributed by atoms with E-state index < -0.39 is 10.0 Å². The summed E-state index contributed by atoms with van der Waals surface area (Å²) < 4.78 is 28.8. The number of thiazole rings is 1. The minimum Gasteiger partial charge on any atom is -0.464 e. The van der Waals surface area contributed by atoms with Crippen LogP contribution in [-0.2, 0) is 10.0 Å². The van der Waals surface area contributed by atoms with Crippen LogP contribution in [0.2, 0.25) is 0 Å². The number of ether oxygens (including phenoxy) is 1. The molecule has 1 fully saturated rings. The number of hydrogen-bond acceptors (Lipinski definition) is 5. The lowest BCUT2D eigenvalue weighted by Gasteiger charge is -2.36. The quantitative estimate of drug-likeness (QED) is 0.748. The second kappa shape index (κ2) is 3.48. The van der Waals surface area contributed by atoms with Crippen molar-refractivity contribution in [3.8, 4) is 5.19 Å². The van der Waals surface area contributed by atoms with Crippen molar-refractivity contribution in [1.82, 2.24) is 9.29 Å². The Labute approximate surface area is 86.4 Å². The molecule has 0 radical (unpaired) electrons. The van der Waals surface area contributed by atoms with Gasteiger partial charge in [0.25, 0.3) is 5.19 Å². The van der Waals surface area contributed by atoms with Gasteiger partial charge in [0.2, 0.25) is 10.0 Å². The largest absolute Gasteiger partial charge is 0.464 e. The molecule has 0 unspecified atom stereocenters. The van der Waals surface area contributed by atoms with E-state index in [1.54, 1.807) is 6.20 Å². The average molecular weight is 234 g/mol. The molecular formula is C7H10N2O3S2. The fourth-order valence-electron chi connectivity index (χ4n) is 1.16. The van der Waals surface area contributed by atoms with E-state index in [0.29, 0.717) is 18.3 Å². The summed E-state index contributed by atoms with van der Waals surface area (Å²) in [4.78, 5) is 3.95. The molecule has 2 rings (SSSR count). The molecular weight excluding hydrogens is 224 g/mol. The van der Waals surface area contributed by atoms with E-state index in [-0.39, 0.29) is 6.10 Å². The van der Waals surface area contributed by atoms with Crippen LogP contribution in [0, 0.1) is 0 Å². The predicted molar refractivity (Wildman–Crippen MR) is 52.9 cm³/mol. The van der Waals surface area contributed by atoms with E-state index in [4.69, 9.17) is 4.74 Å². The molecule has 0 bridgehead atoms. The van der Waals surface area contributed by atoms with Crippen LogP contribution in [0.1, 0.15) is 0 Å². The van der Waals surface area contributed by atoms with Gasteiger partial charge in [0.1, 0.15) is 6.10 Å². The highest BCUT2D eigenvalue weighted by molar-refractivity contribution is 7.88. The zero-order valence-corrected chi connectivity index (χ0v) is 9.21. The van der Waals surface area contributed by atoms with Gasteiger partial charge in [-0.1, -0.05) is 11.3 Å². The van der Waals surface area contributed by atoms with E-state index >= 15 is 0 Å². The minimum atomic E-state index is -3.04. The molecule has 0 saturated carbocycles. The molecule has 0 aromatic carbocycles. The summed E-state index contributed by atoms with van der Waals surface area (Å²) in [5, 5.41) is 2.42. The Bertz CT molecular complexity index is 395. The summed E-state index contributed by atoms with van der Waals surface area (Å²) in [5.74, 6) is 0. The summed E-state index contributed by atoms with van der Waals surface area (Å²) in [6.07, 6.45) is 2.82. The Morgan fingerprint density at radius 1 is 1.64 bits per heavy atom. The van der Waals surface area contributed by atoms with Crippen LogP contribution in [0.4, 0.5) is 0 Å². The first-order valence-electron chi connectivity index (χ1n) is 4.07. The van der Waals surface area contributed by atoms with E-state index in [0.717, 1.165) is 0 Å². The van der Waals surface area contributed by atoms with Crippen molar-refractivity contribution in [2.45, 2.75) is 6.10 Å². The van der Waals surface area contributed by atoms with Crippen molar-refractivity contribution in [1.29, 1.82) is 0 Å². The molecule has 0 spiro atoms. The van der Waals surface area contributed by atoms with Gasteiger partial charge in [0.05, 0.1) is 19.3 Å². The predicted octanol–water partition coefficient (Wildman–Crippen LogP) is 0.166. The van der Waals surface area contributed by atoms with Crippen LogP contribution in [0.3, 0.4) is 0 Å². The topological polar surface area (TPSA) is 59.5 Å². The normalized spacial score (nSPS) is 19.2. The van der Waals surface area contributed by atoms with E-state index in [9.17, 15) is 8.42 Å². The molecule has 1 aromatic heterocycles. The van der Waals surface area contributed by atoms with Crippen LogP contribution in [0.5, 0.6) is 5.19 Å². The molecule has 0 N–H and O–H groups in total. The third-order valence-corrected chi connectivity index (χ3v) is 3.86. The van der Waals surface area contributed by atoms with Crippen molar-refractivity contribution in [3.05, 3.63) is 11.6 Å². The molecule has 1 aromatic rings. The fraction of sp³-hybridized carbons (Fsp3) is 0.571. The van der Waals surface area contributed by atoms with Gasteiger partial charge in [-0.25, -0.2) is 13.4 Å². The second-order valence-corrected chi connectivity index (χ2v) is 5.96. The van der Waals surface area contributed by atoms with Crippen LogP contribution in [0.15, 0.2) is 11.6 Å². The molecule has 7 heteroatoms. The number of aromatic nitrogens is 1. The molecule has 2 heterocycles. The Morgan fingerprint density at radius 2 is 2.36 bits per heavy atom. The Kier molecular flexibility index (Phi) is 2.46. The van der Waals surface area contributed by atoms with Gasteiger partial charge in [0, 0.05) is 11.6 Å². The summed E-state index contributed by atoms with van der Waals surface area (Å²) in [6, 6.07) is 0. The SMILES string of the molecule is CS(=O)(=O)N1CC(Oc2nccs2)C1. The summed E-state index contributed by atoms with van der Waals surface area (Å²) in [6.45, 7) is 0.858. The van der Waals surface area contributed by atoms with Gasteiger partial charge in [-0.05, 0) is 0 Å². The third kappa shape index (κ3) is 2.05. The van der Waals surface area contributed by atoms with Crippen molar-refractivity contribution in [3.63, 3.8) is 0 Å². The third-order valence-electron chi connectivity index (χ3n) is 1.96. The van der Waals surface area contributed by atoms with Gasteiger partial charge in [-0.15, -0.1) is 0 Å². The maximum Gasteiger partial charge on any atom is 0.273 e. The van der Waals surface area contributed by atoms with E-state index in [2.05, 4.69) is 4.98 Å². The van der Waals surface area contributed by atoms with Crippen LogP contribution in [-0.4, -0.2) is 43.2 Å². The lowest BCUT2D eigenvalue weighted by Crippen LogP contribution is -2.55. The minimum absolute atomic E-state index is 0.0455. The number of rotatable bonds is 3. The number of nitrogens with zero attached hydrogens (tertiary/aromatic N) is 2. The first-order valence-corrected chi connectivity index (χ1v) is 6.80. The standard InChI is InChI=1S/C7H10N2O3S2/c1-14(10,11)9-4-6(5-9)12-7-8-2-3-13-7/h2-3,6H,4-5H2,1H3. The number of sulfonamides is 1. The highest BCUT2D eigenvalue weighted by atomic mass is 32.2. The lowest BCUT2D eigenvalue weighted by atomic mass is 10.2. The lowest BCUT2D eigenvalue weighted by molar-refractivity contribution is 0.0764. The first kappa shape index (κ1) is 9.88. The summed E-state index contributed by atoms with van der Waals surface area (Å²) in [5.41, 5.74) is 0. The molecule has 1 aliphatic rings. The molecule has 5 nitrogen and oxygen atoms in total. The van der Waals surface area contributed by atoms with Crippen molar-refractivity contribution in [2.75, 3.05) is 19.3 Å². The van der Waals surface area contributed by atoms with Crippen LogP contribution >= 0.6 is 11.3 Å². The van der Waals surface area contributed by atoms with Crippen molar-refractivity contribution < 1.29 is 13.2 Å². The Hall–Kier alpha value is -0.660. The molecule has 14 heavy (non-hydrogen) atoms. The van der Waals surface area contributed by atoms with Gasteiger partial charge >= 0.3 is 0 Å². The van der Waals surface area contributed by atoms with Gasteiger partial charge in [-0.3, -0.25) is 0 Å². The van der Waals surface area contributed by atoms with Crippen LogP contribution in [0.25, 0.3) is 0 Å². The van der Waals surface area contributed by atoms with Gasteiger partial charge in [-0.2, -0.15) is 4.31 Å². The van der Waals surface area contributed by atoms with Crippen molar-refractivity contribution in [2.24, 2.45) is 0 Å². The molecule has 0 aliphatic carbocycles. The second-order valence-electron chi connectivity index (χ2n) is 3.12. The molecule has 1 saturated heterocycles. The highest BCUT2D eigenvalue weighted by Crippen LogP contribution is 2.21. The Balaban J connectivity index is 1.85. The van der Waals surface area contributed by atoms with E-state index in [1.807, 2.05) is 5.38 Å². The highest BCUT2D eigenvalue weighted by Gasteiger charge is 2.35. The van der Waals surface area contributed by atoms with Crippen LogP contribution < -0.4 is 4.74 Å². The zero-order chi connectivity index (χ0) is 10.2. The first-order chi connectivity index (χ1) is 6.55. The summed E-state index contributed by atoms with van der Waals surface area (Å²) >= 11 is 1.41. The summed E-state index contributed by atoms with van der Waals surface area (Å²) in [7, 11) is -3.04. The zero-order valence-electron chi connectivity index (χ0n) is 7.58. The maximum atomic E-state index is 11.0. The molecule has 0 amide bonds. The Morgan fingerprint density at radius 3 is 2.86 bits per heavy atom. The maximum absolute atomic E-state index is 11.0. The monoisotopic (exact) mass is 234 g/mol. The average Bonchev–Trinajstić information content (AvgIpc) is 2.44. The molecule has 0 atom stereocenters. The smallest absolute Gasteiger partial charge is 0.273 e. The fourth-order valence-corrected chi connectivity index (χ4v) is 2.58.